The van der Waals surface area contributed by atoms with E-state index in [1.807, 2.05) is 0 Å². The number of phenolic OH excluding ortho intramolecular Hbond substituents is 1. The number of phenols is 1. The summed E-state index contributed by atoms with van der Waals surface area (Å²) in [5, 5.41) is 18.1. The summed E-state index contributed by atoms with van der Waals surface area (Å²) in [4.78, 5) is 24.3. The molecule has 1 unspecified atom stereocenters. The molecule has 2 N–H and O–H groups in total. The Morgan fingerprint density at radius 1 is 1.32 bits per heavy atom. The van der Waals surface area contributed by atoms with Crippen molar-refractivity contribution in [3.8, 4) is 5.75 Å². The van der Waals surface area contributed by atoms with E-state index in [1.54, 1.807) is 0 Å². The standard InChI is InChI=1S/C13H15NO5/c15-10-5-3-9(4-6-10)14(8-12(16)17)13(18)11-2-1-7-19-11/h3-6,11,15H,1-2,7-8H2,(H,16,17). The third kappa shape index (κ3) is 3.23. The van der Waals surface area contributed by atoms with Crippen LogP contribution >= 0.6 is 0 Å². The first-order valence-corrected chi connectivity index (χ1v) is 6.02. The largest absolute Gasteiger partial charge is 0.508 e. The molecule has 1 amide bonds. The Balaban J connectivity index is 2.21. The number of hydrogen-bond acceptors (Lipinski definition) is 4. The minimum atomic E-state index is -1.10. The second-order valence-electron chi connectivity index (χ2n) is 4.34. The number of benzene rings is 1. The van der Waals surface area contributed by atoms with Gasteiger partial charge in [0.1, 0.15) is 18.4 Å². The number of carbonyl (C=O) groups is 2. The Bertz CT molecular complexity index is 464. The van der Waals surface area contributed by atoms with Gasteiger partial charge in [-0.2, -0.15) is 0 Å². The maximum absolute atomic E-state index is 12.2. The molecule has 1 aliphatic heterocycles. The van der Waals surface area contributed by atoms with Gasteiger partial charge in [0.15, 0.2) is 0 Å². The van der Waals surface area contributed by atoms with Crippen molar-refractivity contribution < 1.29 is 24.5 Å². The average molecular weight is 265 g/mol. The van der Waals surface area contributed by atoms with Crippen molar-refractivity contribution in [1.29, 1.82) is 0 Å². The van der Waals surface area contributed by atoms with Crippen molar-refractivity contribution in [2.75, 3.05) is 18.1 Å². The summed E-state index contributed by atoms with van der Waals surface area (Å²) in [5.74, 6) is -1.39. The molecule has 0 aromatic heterocycles. The van der Waals surface area contributed by atoms with Gasteiger partial charge in [-0.05, 0) is 37.1 Å². The minimum Gasteiger partial charge on any atom is -0.508 e. The first-order valence-electron chi connectivity index (χ1n) is 6.02. The zero-order chi connectivity index (χ0) is 13.8. The highest BCUT2D eigenvalue weighted by Crippen LogP contribution is 2.22. The van der Waals surface area contributed by atoms with Crippen LogP contribution in [0.3, 0.4) is 0 Å². The lowest BCUT2D eigenvalue weighted by Gasteiger charge is -2.23. The number of hydrogen-bond donors (Lipinski definition) is 2. The summed E-state index contributed by atoms with van der Waals surface area (Å²) in [6.45, 7) is 0.0936. The maximum Gasteiger partial charge on any atom is 0.323 e. The molecule has 1 saturated heterocycles. The van der Waals surface area contributed by atoms with E-state index >= 15 is 0 Å². The lowest BCUT2D eigenvalue weighted by molar-refractivity contribution is -0.137. The highest BCUT2D eigenvalue weighted by Gasteiger charge is 2.30. The number of ether oxygens (including phenoxy) is 1. The lowest BCUT2D eigenvalue weighted by atomic mass is 10.2. The summed E-state index contributed by atoms with van der Waals surface area (Å²) < 4.78 is 5.29. The smallest absolute Gasteiger partial charge is 0.323 e. The van der Waals surface area contributed by atoms with E-state index in [0.29, 0.717) is 18.7 Å². The molecule has 0 spiro atoms. The van der Waals surface area contributed by atoms with Crippen LogP contribution in [0.25, 0.3) is 0 Å². The predicted molar refractivity (Wildman–Crippen MR) is 67.1 cm³/mol. The number of rotatable bonds is 4. The normalized spacial score (nSPS) is 18.2. The van der Waals surface area contributed by atoms with Crippen molar-refractivity contribution in [3.63, 3.8) is 0 Å². The first-order chi connectivity index (χ1) is 9.08. The summed E-state index contributed by atoms with van der Waals surface area (Å²) in [5.41, 5.74) is 0.431. The Morgan fingerprint density at radius 3 is 2.53 bits per heavy atom. The van der Waals surface area contributed by atoms with Gasteiger partial charge in [0.05, 0.1) is 0 Å². The van der Waals surface area contributed by atoms with Crippen molar-refractivity contribution >= 4 is 17.6 Å². The highest BCUT2D eigenvalue weighted by molar-refractivity contribution is 6.00. The molecule has 0 aliphatic carbocycles. The second-order valence-corrected chi connectivity index (χ2v) is 4.34. The molecule has 2 rings (SSSR count). The van der Waals surface area contributed by atoms with Gasteiger partial charge in [-0.3, -0.25) is 14.5 Å². The number of carboxylic acids is 1. The molecular formula is C13H15NO5. The number of nitrogens with zero attached hydrogens (tertiary/aromatic N) is 1. The van der Waals surface area contributed by atoms with Gasteiger partial charge in [-0.1, -0.05) is 0 Å². The van der Waals surface area contributed by atoms with Crippen LogP contribution in [0.4, 0.5) is 5.69 Å². The van der Waals surface area contributed by atoms with Crippen LogP contribution in [-0.4, -0.2) is 41.3 Å². The molecule has 1 heterocycles. The summed E-state index contributed by atoms with van der Waals surface area (Å²) in [7, 11) is 0. The van der Waals surface area contributed by atoms with E-state index < -0.39 is 18.6 Å². The number of anilines is 1. The van der Waals surface area contributed by atoms with Crippen LogP contribution in [0.2, 0.25) is 0 Å². The van der Waals surface area contributed by atoms with Gasteiger partial charge in [0.25, 0.3) is 5.91 Å². The fourth-order valence-electron chi connectivity index (χ4n) is 2.01. The lowest BCUT2D eigenvalue weighted by Crippen LogP contribution is -2.42. The molecule has 102 valence electrons. The van der Waals surface area contributed by atoms with Gasteiger partial charge in [-0.15, -0.1) is 0 Å². The SMILES string of the molecule is O=C(O)CN(C(=O)C1CCCO1)c1ccc(O)cc1. The van der Waals surface area contributed by atoms with Gasteiger partial charge >= 0.3 is 5.97 Å². The van der Waals surface area contributed by atoms with Gasteiger partial charge in [0.2, 0.25) is 0 Å². The van der Waals surface area contributed by atoms with Gasteiger partial charge in [-0.25, -0.2) is 0 Å². The number of amides is 1. The first kappa shape index (κ1) is 13.4. The fraction of sp³-hybridized carbons (Fsp3) is 0.385. The van der Waals surface area contributed by atoms with Gasteiger partial charge < -0.3 is 14.9 Å². The molecule has 1 aliphatic rings. The molecule has 1 fully saturated rings. The highest BCUT2D eigenvalue weighted by atomic mass is 16.5. The Kier molecular flexibility index (Phi) is 4.01. The van der Waals surface area contributed by atoms with Crippen LogP contribution in [0.5, 0.6) is 5.75 Å². The molecular weight excluding hydrogens is 250 g/mol. The number of carboxylic acid groups (broad SMARTS) is 1. The Morgan fingerprint density at radius 2 is 2.00 bits per heavy atom. The summed E-state index contributed by atoms with van der Waals surface area (Å²) >= 11 is 0. The van der Waals surface area contributed by atoms with Crippen LogP contribution in [0.15, 0.2) is 24.3 Å². The molecule has 19 heavy (non-hydrogen) atoms. The molecule has 6 nitrogen and oxygen atoms in total. The van der Waals surface area contributed by atoms with Crippen molar-refractivity contribution in [2.24, 2.45) is 0 Å². The van der Waals surface area contributed by atoms with Crippen LogP contribution in [-0.2, 0) is 14.3 Å². The van der Waals surface area contributed by atoms with E-state index in [9.17, 15) is 14.7 Å². The predicted octanol–water partition coefficient (Wildman–Crippen LogP) is 0.989. The summed E-state index contributed by atoms with van der Waals surface area (Å²) in [6, 6.07) is 5.83. The maximum atomic E-state index is 12.2. The topological polar surface area (TPSA) is 87.1 Å². The molecule has 0 bridgehead atoms. The Hall–Kier alpha value is -2.08. The molecule has 0 saturated carbocycles. The van der Waals surface area contributed by atoms with E-state index in [1.165, 1.54) is 24.3 Å². The van der Waals surface area contributed by atoms with Crippen LogP contribution < -0.4 is 4.90 Å². The van der Waals surface area contributed by atoms with Gasteiger partial charge in [0, 0.05) is 12.3 Å². The monoisotopic (exact) mass is 265 g/mol. The quantitative estimate of drug-likeness (QED) is 0.847. The third-order valence-corrected chi connectivity index (χ3v) is 2.93. The van der Waals surface area contributed by atoms with Crippen molar-refractivity contribution in [1.82, 2.24) is 0 Å². The third-order valence-electron chi connectivity index (χ3n) is 2.93. The Labute approximate surface area is 110 Å². The molecule has 1 atom stereocenters. The minimum absolute atomic E-state index is 0.0589. The molecule has 1 aromatic carbocycles. The number of aliphatic carboxylic acids is 1. The van der Waals surface area contributed by atoms with E-state index in [4.69, 9.17) is 9.84 Å². The fourth-order valence-corrected chi connectivity index (χ4v) is 2.01. The van der Waals surface area contributed by atoms with Crippen molar-refractivity contribution in [2.45, 2.75) is 18.9 Å². The van der Waals surface area contributed by atoms with E-state index in [2.05, 4.69) is 0 Å². The zero-order valence-corrected chi connectivity index (χ0v) is 10.3. The van der Waals surface area contributed by atoms with Crippen molar-refractivity contribution in [3.05, 3.63) is 24.3 Å². The zero-order valence-electron chi connectivity index (χ0n) is 10.3. The molecule has 1 aromatic rings. The van der Waals surface area contributed by atoms with Crippen LogP contribution in [0, 0.1) is 0 Å². The van der Waals surface area contributed by atoms with Crippen LogP contribution in [0.1, 0.15) is 12.8 Å². The van der Waals surface area contributed by atoms with E-state index in [-0.39, 0.29) is 11.7 Å². The number of aromatic hydroxyl groups is 1. The number of carbonyl (C=O) groups excluding carboxylic acids is 1. The van der Waals surface area contributed by atoms with E-state index in [0.717, 1.165) is 11.3 Å². The second kappa shape index (κ2) is 5.71. The molecule has 0 radical (unpaired) electrons. The molecule has 6 heteroatoms. The average Bonchev–Trinajstić information content (AvgIpc) is 2.90. The summed E-state index contributed by atoms with van der Waals surface area (Å²) in [6.07, 6.45) is 0.827.